The Kier molecular flexibility index (Phi) is 4.40. The topological polar surface area (TPSA) is 40.5 Å². The van der Waals surface area contributed by atoms with Crippen molar-refractivity contribution in [1.29, 1.82) is 0 Å². The summed E-state index contributed by atoms with van der Waals surface area (Å²) in [5, 5.41) is 19.8. The number of rotatable bonds is 4. The predicted molar refractivity (Wildman–Crippen MR) is 55.5 cm³/mol. The fourth-order valence-electron chi connectivity index (χ4n) is 1.89. The molecule has 2 unspecified atom stereocenters. The molecule has 2 atom stereocenters. The van der Waals surface area contributed by atoms with Crippen LogP contribution in [0.2, 0.25) is 0 Å². The zero-order valence-corrected chi connectivity index (χ0v) is 9.70. The van der Waals surface area contributed by atoms with Crippen LogP contribution in [-0.4, -0.2) is 22.4 Å². The molecule has 0 aliphatic rings. The molecular weight excluding hydrogens is 164 g/mol. The van der Waals surface area contributed by atoms with Crippen LogP contribution in [0.5, 0.6) is 0 Å². The number of aliphatic hydroxyl groups is 2. The van der Waals surface area contributed by atoms with Gasteiger partial charge in [0, 0.05) is 5.41 Å². The summed E-state index contributed by atoms with van der Waals surface area (Å²) in [5.41, 5.74) is -0.428. The molecule has 0 aromatic rings. The van der Waals surface area contributed by atoms with E-state index < -0.39 is 17.6 Å². The second-order valence-corrected chi connectivity index (χ2v) is 5.20. The fraction of sp³-hybridized carbons (Fsp3) is 1.00. The molecule has 0 aliphatic carbocycles. The highest BCUT2D eigenvalue weighted by molar-refractivity contribution is 4.87. The van der Waals surface area contributed by atoms with Crippen LogP contribution in [0.15, 0.2) is 0 Å². The maximum absolute atomic E-state index is 9.91. The first-order valence-corrected chi connectivity index (χ1v) is 5.07. The van der Waals surface area contributed by atoms with Gasteiger partial charge in [-0.25, -0.2) is 0 Å². The molecular formula is C11H24O2. The Morgan fingerprint density at radius 2 is 1.00 bits per heavy atom. The fourth-order valence-corrected chi connectivity index (χ4v) is 1.89. The van der Waals surface area contributed by atoms with E-state index in [4.69, 9.17) is 0 Å². The van der Waals surface area contributed by atoms with E-state index in [9.17, 15) is 10.2 Å². The third-order valence-electron chi connectivity index (χ3n) is 2.79. The van der Waals surface area contributed by atoms with Crippen molar-refractivity contribution in [1.82, 2.24) is 0 Å². The van der Waals surface area contributed by atoms with Crippen molar-refractivity contribution in [2.24, 2.45) is 17.3 Å². The summed E-state index contributed by atoms with van der Waals surface area (Å²) in [4.78, 5) is 0. The molecule has 0 spiro atoms. The van der Waals surface area contributed by atoms with Crippen molar-refractivity contribution in [3.63, 3.8) is 0 Å². The molecule has 13 heavy (non-hydrogen) atoms. The average molecular weight is 188 g/mol. The zero-order chi connectivity index (χ0) is 10.8. The molecule has 0 aliphatic heterocycles. The summed E-state index contributed by atoms with van der Waals surface area (Å²) in [6, 6.07) is 0. The molecule has 2 heteroatoms. The molecule has 0 amide bonds. The van der Waals surface area contributed by atoms with Crippen LogP contribution in [-0.2, 0) is 0 Å². The smallest absolute Gasteiger partial charge is 0.0638 e. The standard InChI is InChI=1S/C11H24O2/c1-7(2)9(12)11(5,6)10(13)8(3)4/h7-10,12-13H,1-6H3. The maximum atomic E-state index is 9.91. The van der Waals surface area contributed by atoms with E-state index in [2.05, 4.69) is 0 Å². The van der Waals surface area contributed by atoms with Gasteiger partial charge in [0.2, 0.25) is 0 Å². The monoisotopic (exact) mass is 188 g/mol. The second-order valence-electron chi connectivity index (χ2n) is 5.20. The van der Waals surface area contributed by atoms with Gasteiger partial charge in [-0.3, -0.25) is 0 Å². The lowest BCUT2D eigenvalue weighted by atomic mass is 9.73. The van der Waals surface area contributed by atoms with Crippen LogP contribution in [0.1, 0.15) is 41.5 Å². The highest BCUT2D eigenvalue weighted by Crippen LogP contribution is 2.33. The molecule has 2 N–H and O–H groups in total. The van der Waals surface area contributed by atoms with Gasteiger partial charge in [-0.05, 0) is 11.8 Å². The molecule has 0 saturated carbocycles. The normalized spacial score (nSPS) is 18.0. The first kappa shape index (κ1) is 12.9. The van der Waals surface area contributed by atoms with E-state index in [1.165, 1.54) is 0 Å². The largest absolute Gasteiger partial charge is 0.392 e. The van der Waals surface area contributed by atoms with Crippen LogP contribution in [0, 0.1) is 17.3 Å². The summed E-state index contributed by atoms with van der Waals surface area (Å²) in [5.74, 6) is 0.367. The van der Waals surface area contributed by atoms with Crippen molar-refractivity contribution < 1.29 is 10.2 Å². The van der Waals surface area contributed by atoms with Crippen LogP contribution in [0.4, 0.5) is 0 Å². The third-order valence-corrected chi connectivity index (χ3v) is 2.79. The van der Waals surface area contributed by atoms with Crippen LogP contribution in [0.25, 0.3) is 0 Å². The molecule has 0 aromatic heterocycles. The highest BCUT2D eigenvalue weighted by atomic mass is 16.3. The molecule has 0 rings (SSSR count). The summed E-state index contributed by atoms with van der Waals surface area (Å²) >= 11 is 0. The predicted octanol–water partition coefficient (Wildman–Crippen LogP) is 2.05. The quantitative estimate of drug-likeness (QED) is 0.709. The summed E-state index contributed by atoms with van der Waals surface area (Å²) in [7, 11) is 0. The third kappa shape index (κ3) is 2.96. The Morgan fingerprint density at radius 3 is 1.15 bits per heavy atom. The Balaban J connectivity index is 4.54. The van der Waals surface area contributed by atoms with Crippen molar-refractivity contribution in [2.45, 2.75) is 53.8 Å². The minimum Gasteiger partial charge on any atom is -0.392 e. The van der Waals surface area contributed by atoms with Gasteiger partial charge >= 0.3 is 0 Å². The van der Waals surface area contributed by atoms with Crippen LogP contribution < -0.4 is 0 Å². The van der Waals surface area contributed by atoms with E-state index >= 15 is 0 Å². The van der Waals surface area contributed by atoms with E-state index in [0.29, 0.717) is 0 Å². The first-order valence-electron chi connectivity index (χ1n) is 5.07. The Hall–Kier alpha value is -0.0800. The Bertz CT molecular complexity index is 134. The number of aliphatic hydroxyl groups excluding tert-OH is 2. The molecule has 80 valence electrons. The van der Waals surface area contributed by atoms with Gasteiger partial charge in [0.25, 0.3) is 0 Å². The highest BCUT2D eigenvalue weighted by Gasteiger charge is 2.38. The molecule has 0 heterocycles. The summed E-state index contributed by atoms with van der Waals surface area (Å²) in [6.07, 6.45) is -0.908. The van der Waals surface area contributed by atoms with Gasteiger partial charge in [0.1, 0.15) is 0 Å². The van der Waals surface area contributed by atoms with E-state index in [1.807, 2.05) is 41.5 Å². The summed E-state index contributed by atoms with van der Waals surface area (Å²) < 4.78 is 0. The van der Waals surface area contributed by atoms with Gasteiger partial charge in [0.15, 0.2) is 0 Å². The van der Waals surface area contributed by atoms with Crippen molar-refractivity contribution in [3.05, 3.63) is 0 Å². The van der Waals surface area contributed by atoms with Gasteiger partial charge in [-0.1, -0.05) is 41.5 Å². The van der Waals surface area contributed by atoms with Gasteiger partial charge in [0.05, 0.1) is 12.2 Å². The minimum atomic E-state index is -0.454. The first-order chi connectivity index (χ1) is 5.71. The lowest BCUT2D eigenvalue weighted by molar-refractivity contribution is -0.0848. The Morgan fingerprint density at radius 1 is 0.769 bits per heavy atom. The average Bonchev–Trinajstić information content (AvgIpc) is 2.01. The molecule has 0 aromatic carbocycles. The lowest BCUT2D eigenvalue weighted by Crippen LogP contribution is -2.45. The molecule has 2 nitrogen and oxygen atoms in total. The van der Waals surface area contributed by atoms with Crippen LogP contribution in [0.3, 0.4) is 0 Å². The Labute approximate surface area is 82.0 Å². The molecule has 0 radical (unpaired) electrons. The van der Waals surface area contributed by atoms with Gasteiger partial charge in [-0.2, -0.15) is 0 Å². The molecule has 0 fully saturated rings. The zero-order valence-electron chi connectivity index (χ0n) is 9.70. The van der Waals surface area contributed by atoms with Crippen LogP contribution >= 0.6 is 0 Å². The number of hydrogen-bond donors (Lipinski definition) is 2. The molecule has 0 saturated heterocycles. The van der Waals surface area contributed by atoms with Gasteiger partial charge < -0.3 is 10.2 Å². The lowest BCUT2D eigenvalue weighted by Gasteiger charge is -2.39. The SMILES string of the molecule is CC(C)C(O)C(C)(C)C(O)C(C)C. The maximum Gasteiger partial charge on any atom is 0.0638 e. The van der Waals surface area contributed by atoms with Gasteiger partial charge in [-0.15, -0.1) is 0 Å². The van der Waals surface area contributed by atoms with E-state index in [-0.39, 0.29) is 11.8 Å². The van der Waals surface area contributed by atoms with Crippen molar-refractivity contribution >= 4 is 0 Å². The van der Waals surface area contributed by atoms with Crippen molar-refractivity contribution in [2.75, 3.05) is 0 Å². The molecule has 0 bridgehead atoms. The van der Waals surface area contributed by atoms with E-state index in [0.717, 1.165) is 0 Å². The van der Waals surface area contributed by atoms with E-state index in [1.54, 1.807) is 0 Å². The minimum absolute atomic E-state index is 0.184. The summed E-state index contributed by atoms with van der Waals surface area (Å²) in [6.45, 7) is 11.7. The number of hydrogen-bond acceptors (Lipinski definition) is 2. The second kappa shape index (κ2) is 4.43. The van der Waals surface area contributed by atoms with Crippen molar-refractivity contribution in [3.8, 4) is 0 Å².